The number of halogens is 1. The molecule has 1 heterocycles. The number of benzene rings is 2. The van der Waals surface area contributed by atoms with E-state index in [-0.39, 0.29) is 13.2 Å². The lowest BCUT2D eigenvalue weighted by molar-refractivity contribution is 0.0168. The first-order chi connectivity index (χ1) is 13.9. The molecule has 0 aliphatic carbocycles. The molecule has 2 aromatic rings. The van der Waals surface area contributed by atoms with Gasteiger partial charge in [-0.3, -0.25) is 9.63 Å². The normalized spacial score (nSPS) is 15.6. The van der Waals surface area contributed by atoms with Gasteiger partial charge in [-0.25, -0.2) is 11.3 Å². The maximum absolute atomic E-state index is 12.4. The first-order valence-corrected chi connectivity index (χ1v) is 9.49. The summed E-state index contributed by atoms with van der Waals surface area (Å²) in [6.45, 7) is 2.72. The van der Waals surface area contributed by atoms with E-state index in [1.807, 2.05) is 30.3 Å². The molecule has 0 fully saturated rings. The lowest BCUT2D eigenvalue weighted by Gasteiger charge is -2.25. The van der Waals surface area contributed by atoms with Gasteiger partial charge < -0.3 is 20.7 Å². The zero-order valence-corrected chi connectivity index (χ0v) is 16.8. The zero-order valence-electron chi connectivity index (χ0n) is 16.1. The van der Waals surface area contributed by atoms with Gasteiger partial charge in [0.05, 0.1) is 31.1 Å². The largest absolute Gasteiger partial charge is 0.401 e. The second-order valence-electron chi connectivity index (χ2n) is 6.59. The van der Waals surface area contributed by atoms with Crippen LogP contribution in [0.2, 0.25) is 5.02 Å². The lowest BCUT2D eigenvalue weighted by Crippen LogP contribution is -2.34. The van der Waals surface area contributed by atoms with Gasteiger partial charge in [0.1, 0.15) is 0 Å². The SMILES string of the molecule is C/C(N)=C1\c2ccc(C(=O)NOCCO)cc2N(c2ccc(Cl)cc2)CCN1N. The average Bonchev–Trinajstić information content (AvgIpc) is 2.84. The van der Waals surface area contributed by atoms with Crippen LogP contribution >= 0.6 is 11.6 Å². The van der Waals surface area contributed by atoms with Crippen LogP contribution in [0.1, 0.15) is 22.8 Å². The fourth-order valence-electron chi connectivity index (χ4n) is 3.24. The highest BCUT2D eigenvalue weighted by Crippen LogP contribution is 2.37. The van der Waals surface area contributed by atoms with E-state index in [1.54, 1.807) is 24.1 Å². The Balaban J connectivity index is 2.09. The molecular formula is C20H24ClN5O3. The topological polar surface area (TPSA) is 117 Å². The maximum atomic E-state index is 12.4. The summed E-state index contributed by atoms with van der Waals surface area (Å²) < 4.78 is 0. The molecule has 3 rings (SSSR count). The Hall–Kier alpha value is -2.78. The van der Waals surface area contributed by atoms with E-state index >= 15 is 0 Å². The van der Waals surface area contributed by atoms with Crippen LogP contribution in [0.4, 0.5) is 11.4 Å². The quantitative estimate of drug-likeness (QED) is 0.334. The summed E-state index contributed by atoms with van der Waals surface area (Å²) in [5.74, 6) is 5.85. The van der Waals surface area contributed by atoms with Gasteiger partial charge in [-0.05, 0) is 49.4 Å². The number of nitrogens with two attached hydrogens (primary N) is 2. The van der Waals surface area contributed by atoms with Gasteiger partial charge in [0.15, 0.2) is 0 Å². The number of hydrogen-bond donors (Lipinski definition) is 4. The number of hydroxylamine groups is 1. The van der Waals surface area contributed by atoms with E-state index in [0.717, 1.165) is 16.9 Å². The molecule has 0 spiro atoms. The molecule has 2 aromatic carbocycles. The van der Waals surface area contributed by atoms with Gasteiger partial charge in [-0.2, -0.15) is 0 Å². The molecule has 0 unspecified atom stereocenters. The number of fused-ring (bicyclic) bond motifs is 1. The van der Waals surface area contributed by atoms with Crippen molar-refractivity contribution in [3.05, 3.63) is 64.3 Å². The number of hydrogen-bond acceptors (Lipinski definition) is 7. The molecule has 8 nitrogen and oxygen atoms in total. The number of rotatable bonds is 5. The molecule has 0 saturated carbocycles. The number of anilines is 2. The van der Waals surface area contributed by atoms with Gasteiger partial charge in [-0.1, -0.05) is 11.6 Å². The molecule has 1 aliphatic heterocycles. The molecule has 0 aromatic heterocycles. The smallest absolute Gasteiger partial charge is 0.274 e. The van der Waals surface area contributed by atoms with Crippen molar-refractivity contribution in [2.45, 2.75) is 6.92 Å². The van der Waals surface area contributed by atoms with Crippen LogP contribution in [0, 0.1) is 0 Å². The first-order valence-electron chi connectivity index (χ1n) is 9.11. The average molecular weight is 418 g/mol. The molecule has 0 bridgehead atoms. The van der Waals surface area contributed by atoms with E-state index < -0.39 is 5.91 Å². The summed E-state index contributed by atoms with van der Waals surface area (Å²) in [4.78, 5) is 19.4. The highest BCUT2D eigenvalue weighted by molar-refractivity contribution is 6.30. The van der Waals surface area contributed by atoms with Gasteiger partial charge in [-0.15, -0.1) is 0 Å². The Morgan fingerprint density at radius 3 is 2.62 bits per heavy atom. The van der Waals surface area contributed by atoms with E-state index in [1.165, 1.54) is 0 Å². The Bertz CT molecular complexity index is 913. The summed E-state index contributed by atoms with van der Waals surface area (Å²) in [7, 11) is 0. The van der Waals surface area contributed by atoms with E-state index in [0.29, 0.717) is 35.1 Å². The van der Waals surface area contributed by atoms with E-state index in [4.69, 9.17) is 33.1 Å². The number of allylic oxidation sites excluding steroid dienone is 1. The molecule has 1 aliphatic rings. The Morgan fingerprint density at radius 2 is 1.97 bits per heavy atom. The number of aliphatic hydroxyl groups is 1. The van der Waals surface area contributed by atoms with Crippen LogP contribution in [-0.4, -0.2) is 42.3 Å². The zero-order chi connectivity index (χ0) is 21.0. The Morgan fingerprint density at radius 1 is 1.24 bits per heavy atom. The molecule has 0 atom stereocenters. The van der Waals surface area contributed by atoms with E-state index in [2.05, 4.69) is 10.4 Å². The number of aliphatic hydroxyl groups excluding tert-OH is 1. The van der Waals surface area contributed by atoms with Crippen LogP contribution in [0.3, 0.4) is 0 Å². The minimum atomic E-state index is -0.416. The maximum Gasteiger partial charge on any atom is 0.274 e. The summed E-state index contributed by atoms with van der Waals surface area (Å²) in [6, 6.07) is 12.7. The van der Waals surface area contributed by atoms with Gasteiger partial charge in [0, 0.05) is 34.1 Å². The number of carbonyl (C=O) groups is 1. The van der Waals surface area contributed by atoms with E-state index in [9.17, 15) is 4.79 Å². The summed E-state index contributed by atoms with van der Waals surface area (Å²) in [6.07, 6.45) is 0. The lowest BCUT2D eigenvalue weighted by atomic mass is 10.0. The monoisotopic (exact) mass is 417 g/mol. The van der Waals surface area contributed by atoms with Gasteiger partial charge in [0.25, 0.3) is 5.91 Å². The molecule has 29 heavy (non-hydrogen) atoms. The summed E-state index contributed by atoms with van der Waals surface area (Å²) in [5.41, 5.74) is 12.6. The first kappa shape index (κ1) is 20.9. The predicted octanol–water partition coefficient (Wildman–Crippen LogP) is 1.97. The molecule has 6 N–H and O–H groups in total. The fourth-order valence-corrected chi connectivity index (χ4v) is 3.37. The fraction of sp³-hybridized carbons (Fsp3) is 0.250. The van der Waals surface area contributed by atoms with Crippen molar-refractivity contribution in [1.82, 2.24) is 10.5 Å². The standard InChI is InChI=1S/C20H24ClN5O3/c1-13(22)19-17-7-2-14(20(28)24-29-11-10-27)12-18(17)25(8-9-26(19)23)16-5-3-15(21)4-6-16/h2-7,12,27H,8-11,22-23H2,1H3,(H,24,28)/b19-13-. The number of nitrogens with zero attached hydrogens (tertiary/aromatic N) is 2. The second-order valence-corrected chi connectivity index (χ2v) is 7.02. The third kappa shape index (κ3) is 4.63. The van der Waals surface area contributed by atoms with Crippen molar-refractivity contribution in [2.75, 3.05) is 31.2 Å². The van der Waals surface area contributed by atoms with Crippen molar-refractivity contribution in [3.63, 3.8) is 0 Å². The molecule has 1 amide bonds. The van der Waals surface area contributed by atoms with Crippen LogP contribution < -0.4 is 22.0 Å². The van der Waals surface area contributed by atoms with Gasteiger partial charge >= 0.3 is 0 Å². The van der Waals surface area contributed by atoms with Crippen molar-refractivity contribution in [2.24, 2.45) is 11.6 Å². The third-order valence-corrected chi connectivity index (χ3v) is 4.78. The number of nitrogens with one attached hydrogen (secondary N) is 1. The van der Waals surface area contributed by atoms with Crippen LogP contribution in [0.5, 0.6) is 0 Å². The third-order valence-electron chi connectivity index (χ3n) is 4.53. The predicted molar refractivity (Wildman–Crippen MR) is 113 cm³/mol. The van der Waals surface area contributed by atoms with Crippen LogP contribution in [0.25, 0.3) is 5.70 Å². The Kier molecular flexibility index (Phi) is 6.60. The molecular weight excluding hydrogens is 394 g/mol. The molecule has 9 heteroatoms. The molecule has 154 valence electrons. The minimum Gasteiger partial charge on any atom is -0.401 e. The second kappa shape index (κ2) is 9.15. The van der Waals surface area contributed by atoms with Crippen LogP contribution in [0.15, 0.2) is 48.2 Å². The molecule has 0 saturated heterocycles. The summed E-state index contributed by atoms with van der Waals surface area (Å²) in [5, 5.41) is 11.1. The van der Waals surface area contributed by atoms with Crippen LogP contribution in [-0.2, 0) is 4.84 Å². The minimum absolute atomic E-state index is 0.00890. The number of carbonyl (C=O) groups excluding carboxylic acids is 1. The highest BCUT2D eigenvalue weighted by atomic mass is 35.5. The molecule has 0 radical (unpaired) electrons. The van der Waals surface area contributed by atoms with Crippen molar-refractivity contribution >= 4 is 34.6 Å². The number of amides is 1. The van der Waals surface area contributed by atoms with Gasteiger partial charge in [0.2, 0.25) is 0 Å². The highest BCUT2D eigenvalue weighted by Gasteiger charge is 2.25. The van der Waals surface area contributed by atoms with Crippen molar-refractivity contribution in [3.8, 4) is 0 Å². The summed E-state index contributed by atoms with van der Waals surface area (Å²) >= 11 is 6.04. The van der Waals surface area contributed by atoms with Crippen molar-refractivity contribution < 1.29 is 14.7 Å². The van der Waals surface area contributed by atoms with Crippen molar-refractivity contribution in [1.29, 1.82) is 0 Å². The Labute approximate surface area is 174 Å². The number of hydrazine groups is 1.